The van der Waals surface area contributed by atoms with Crippen LogP contribution in [0.4, 0.5) is 0 Å². The van der Waals surface area contributed by atoms with Crippen molar-refractivity contribution in [3.8, 4) is 5.75 Å². The Kier molecular flexibility index (Phi) is 4.84. The molecule has 0 heterocycles. The van der Waals surface area contributed by atoms with E-state index in [0.717, 1.165) is 43.1 Å². The first-order valence-corrected chi connectivity index (χ1v) is 8.78. The maximum absolute atomic E-state index is 6.00. The van der Waals surface area contributed by atoms with Gasteiger partial charge in [-0.15, -0.1) is 0 Å². The number of nitrogens with one attached hydrogen (secondary N) is 1. The molecular formula is C19H29NO. The van der Waals surface area contributed by atoms with E-state index in [9.17, 15) is 0 Å². The zero-order valence-corrected chi connectivity index (χ0v) is 13.5. The van der Waals surface area contributed by atoms with Gasteiger partial charge in [0, 0.05) is 11.6 Å². The van der Waals surface area contributed by atoms with Crippen molar-refractivity contribution < 1.29 is 4.74 Å². The molecule has 3 rings (SSSR count). The molecule has 2 heteroatoms. The highest BCUT2D eigenvalue weighted by molar-refractivity contribution is 5.36. The Hall–Kier alpha value is -1.02. The first-order chi connectivity index (χ1) is 10.3. The fourth-order valence-corrected chi connectivity index (χ4v) is 3.95. The lowest BCUT2D eigenvalue weighted by Gasteiger charge is -2.28. The molecule has 0 spiro atoms. The Morgan fingerprint density at radius 2 is 1.86 bits per heavy atom. The Morgan fingerprint density at radius 3 is 2.57 bits per heavy atom. The third-order valence-electron chi connectivity index (χ3n) is 5.08. The fourth-order valence-electron chi connectivity index (χ4n) is 3.95. The van der Waals surface area contributed by atoms with E-state index in [1.807, 2.05) is 0 Å². The Balaban J connectivity index is 1.77. The molecule has 2 saturated carbocycles. The molecule has 2 aliphatic rings. The van der Waals surface area contributed by atoms with E-state index in [-0.39, 0.29) is 0 Å². The molecule has 2 nitrogen and oxygen atoms in total. The molecule has 2 fully saturated rings. The van der Waals surface area contributed by atoms with Gasteiger partial charge in [-0.05, 0) is 62.5 Å². The first kappa shape index (κ1) is 14.9. The topological polar surface area (TPSA) is 21.3 Å². The second-order valence-electron chi connectivity index (χ2n) is 6.81. The summed E-state index contributed by atoms with van der Waals surface area (Å²) >= 11 is 0. The second kappa shape index (κ2) is 6.83. The number of hydrogen-bond donors (Lipinski definition) is 1. The van der Waals surface area contributed by atoms with Crippen LogP contribution in [0.1, 0.15) is 57.6 Å². The first-order valence-electron chi connectivity index (χ1n) is 8.78. The van der Waals surface area contributed by atoms with Crippen molar-refractivity contribution in [1.29, 1.82) is 0 Å². The van der Waals surface area contributed by atoms with Crippen LogP contribution in [0.3, 0.4) is 0 Å². The third kappa shape index (κ3) is 3.42. The summed E-state index contributed by atoms with van der Waals surface area (Å²) in [5.41, 5.74) is 1.38. The van der Waals surface area contributed by atoms with E-state index in [1.54, 1.807) is 0 Å². The minimum atomic E-state index is 0.478. The van der Waals surface area contributed by atoms with Crippen molar-refractivity contribution in [2.45, 2.75) is 52.0 Å². The summed E-state index contributed by atoms with van der Waals surface area (Å²) in [5, 5.41) is 3.81. The average molecular weight is 287 g/mol. The minimum absolute atomic E-state index is 0.478. The number of para-hydroxylation sites is 1. The maximum atomic E-state index is 6.00. The summed E-state index contributed by atoms with van der Waals surface area (Å²) < 4.78 is 6.00. The van der Waals surface area contributed by atoms with Crippen LogP contribution in [-0.2, 0) is 0 Å². The summed E-state index contributed by atoms with van der Waals surface area (Å²) in [6.07, 6.45) is 6.57. The van der Waals surface area contributed by atoms with Crippen molar-refractivity contribution >= 4 is 0 Å². The highest BCUT2D eigenvalue weighted by atomic mass is 16.5. The minimum Gasteiger partial charge on any atom is -0.493 e. The van der Waals surface area contributed by atoms with Crippen molar-refractivity contribution in [3.63, 3.8) is 0 Å². The molecule has 1 aromatic carbocycles. The van der Waals surface area contributed by atoms with Gasteiger partial charge in [0.25, 0.3) is 0 Å². The van der Waals surface area contributed by atoms with Gasteiger partial charge in [0.2, 0.25) is 0 Å². The van der Waals surface area contributed by atoms with E-state index in [4.69, 9.17) is 4.74 Å². The molecule has 0 saturated heterocycles. The number of hydrogen-bond acceptors (Lipinski definition) is 2. The molecule has 0 aromatic heterocycles. The Morgan fingerprint density at radius 1 is 1.10 bits per heavy atom. The van der Waals surface area contributed by atoms with Gasteiger partial charge in [0.1, 0.15) is 5.75 Å². The van der Waals surface area contributed by atoms with E-state index in [1.165, 1.54) is 31.2 Å². The maximum Gasteiger partial charge on any atom is 0.124 e. The monoisotopic (exact) mass is 287 g/mol. The highest BCUT2D eigenvalue weighted by Crippen LogP contribution is 2.57. The van der Waals surface area contributed by atoms with Gasteiger partial charge in [-0.25, -0.2) is 0 Å². The van der Waals surface area contributed by atoms with Crippen molar-refractivity contribution in [1.82, 2.24) is 5.32 Å². The molecule has 3 unspecified atom stereocenters. The predicted octanol–water partition coefficient (Wildman–Crippen LogP) is 4.56. The Labute approximate surface area is 129 Å². The van der Waals surface area contributed by atoms with Gasteiger partial charge >= 0.3 is 0 Å². The number of rotatable bonds is 8. The second-order valence-corrected chi connectivity index (χ2v) is 6.81. The van der Waals surface area contributed by atoms with Crippen LogP contribution in [-0.4, -0.2) is 13.2 Å². The summed E-state index contributed by atoms with van der Waals surface area (Å²) in [6.45, 7) is 6.32. The smallest absolute Gasteiger partial charge is 0.124 e. The predicted molar refractivity (Wildman–Crippen MR) is 87.6 cm³/mol. The standard InChI is InChI=1S/C19H29NO/c1-3-9-20-19(16-12-14-11-15(14)13-16)17-7-5-6-8-18(17)21-10-4-2/h5-8,14-16,19-20H,3-4,9-13H2,1-2H3. The van der Waals surface area contributed by atoms with Gasteiger partial charge < -0.3 is 10.1 Å². The number of fused-ring (bicyclic) bond motifs is 1. The largest absolute Gasteiger partial charge is 0.493 e. The molecule has 116 valence electrons. The fraction of sp³-hybridized carbons (Fsp3) is 0.684. The molecule has 0 amide bonds. The van der Waals surface area contributed by atoms with Gasteiger partial charge in [0.05, 0.1) is 6.61 Å². The van der Waals surface area contributed by atoms with Crippen LogP contribution in [0.15, 0.2) is 24.3 Å². The zero-order valence-electron chi connectivity index (χ0n) is 13.5. The van der Waals surface area contributed by atoms with Crippen LogP contribution < -0.4 is 10.1 Å². The lowest BCUT2D eigenvalue weighted by atomic mass is 9.88. The molecule has 21 heavy (non-hydrogen) atoms. The quantitative estimate of drug-likeness (QED) is 0.756. The molecule has 2 aliphatic carbocycles. The summed E-state index contributed by atoms with van der Waals surface area (Å²) in [4.78, 5) is 0. The number of benzene rings is 1. The molecule has 3 atom stereocenters. The zero-order chi connectivity index (χ0) is 14.7. The van der Waals surface area contributed by atoms with Gasteiger partial charge in [-0.1, -0.05) is 32.0 Å². The summed E-state index contributed by atoms with van der Waals surface area (Å²) in [6, 6.07) is 9.14. The van der Waals surface area contributed by atoms with E-state index in [0.29, 0.717) is 6.04 Å². The molecule has 1 aromatic rings. The Bertz CT molecular complexity index is 449. The third-order valence-corrected chi connectivity index (χ3v) is 5.08. The molecular weight excluding hydrogens is 258 g/mol. The summed E-state index contributed by atoms with van der Waals surface area (Å²) in [5.74, 6) is 3.95. The van der Waals surface area contributed by atoms with Crippen molar-refractivity contribution in [2.75, 3.05) is 13.2 Å². The highest BCUT2D eigenvalue weighted by Gasteiger charge is 2.48. The molecule has 0 radical (unpaired) electrons. The van der Waals surface area contributed by atoms with Crippen molar-refractivity contribution in [3.05, 3.63) is 29.8 Å². The average Bonchev–Trinajstić information content (AvgIpc) is 3.13. The van der Waals surface area contributed by atoms with Crippen LogP contribution in [0.5, 0.6) is 5.75 Å². The van der Waals surface area contributed by atoms with Crippen molar-refractivity contribution in [2.24, 2.45) is 17.8 Å². The lowest BCUT2D eigenvalue weighted by Crippen LogP contribution is -2.29. The van der Waals surface area contributed by atoms with Crippen LogP contribution in [0.2, 0.25) is 0 Å². The van der Waals surface area contributed by atoms with E-state index in [2.05, 4.69) is 43.4 Å². The SMILES string of the molecule is CCCNC(c1ccccc1OCCC)C1CC2CC2C1. The van der Waals surface area contributed by atoms with E-state index < -0.39 is 0 Å². The van der Waals surface area contributed by atoms with Gasteiger partial charge in [-0.2, -0.15) is 0 Å². The molecule has 0 bridgehead atoms. The molecule has 1 N–H and O–H groups in total. The molecule has 0 aliphatic heterocycles. The van der Waals surface area contributed by atoms with Crippen LogP contribution in [0, 0.1) is 17.8 Å². The lowest BCUT2D eigenvalue weighted by molar-refractivity contribution is 0.292. The van der Waals surface area contributed by atoms with E-state index >= 15 is 0 Å². The van der Waals surface area contributed by atoms with Gasteiger partial charge in [-0.3, -0.25) is 0 Å². The normalized spacial score (nSPS) is 28.2. The summed E-state index contributed by atoms with van der Waals surface area (Å²) in [7, 11) is 0. The van der Waals surface area contributed by atoms with Gasteiger partial charge in [0.15, 0.2) is 0 Å². The van der Waals surface area contributed by atoms with Crippen LogP contribution >= 0.6 is 0 Å². The van der Waals surface area contributed by atoms with Crippen LogP contribution in [0.25, 0.3) is 0 Å². The number of ether oxygens (including phenoxy) is 1.